The Hall–Kier alpha value is -0.235. The summed E-state index contributed by atoms with van der Waals surface area (Å²) in [6.07, 6.45) is 8.09. The Kier molecular flexibility index (Phi) is 11.0. The van der Waals surface area contributed by atoms with E-state index in [9.17, 15) is 13.2 Å². The van der Waals surface area contributed by atoms with Gasteiger partial charge in [-0.05, 0) is 0 Å². The Balaban J connectivity index is 0. The minimum Gasteiger partial charge on any atom is -0.741 e. The highest BCUT2D eigenvalue weighted by atomic mass is 32.2. The normalized spacial score (nSPS) is 11.6. The molecule has 0 aromatic heterocycles. The first kappa shape index (κ1) is 19.1. The molecule has 0 aliphatic heterocycles. The van der Waals surface area contributed by atoms with E-state index in [1.165, 1.54) is 38.3 Å². The molecular weight excluding hydrogens is 256 g/mol. The van der Waals surface area contributed by atoms with Crippen LogP contribution in [0.3, 0.4) is 0 Å². The van der Waals surface area contributed by atoms with Crippen molar-refractivity contribution in [3.8, 4) is 0 Å². The van der Waals surface area contributed by atoms with Gasteiger partial charge in [-0.25, -0.2) is 8.42 Å². The summed E-state index contributed by atoms with van der Waals surface area (Å²) >= 11 is 0. The fourth-order valence-corrected chi connectivity index (χ4v) is 0.841. The standard InChI is InChI=1S/C8H18B.CHF3O3S/c1-3-5-7-9-8-6-4-2;2-1(3,4)8(5,6)7/h3-8H2,1-2H3;(H,5,6,7)/p-1. The van der Waals surface area contributed by atoms with Gasteiger partial charge in [-0.1, -0.05) is 52.2 Å². The molecule has 0 aromatic rings. The first-order valence-corrected chi connectivity index (χ1v) is 6.91. The third-order valence-corrected chi connectivity index (χ3v) is 2.37. The lowest BCUT2D eigenvalue weighted by Crippen LogP contribution is -2.21. The molecule has 3 nitrogen and oxygen atoms in total. The Morgan fingerprint density at radius 1 is 1.06 bits per heavy atom. The maximum absolute atomic E-state index is 10.7. The monoisotopic (exact) mass is 274 g/mol. The highest BCUT2D eigenvalue weighted by Gasteiger charge is 2.36. The number of hydrogen-bond donors (Lipinski definition) is 0. The van der Waals surface area contributed by atoms with Gasteiger partial charge in [0, 0.05) is 0 Å². The maximum atomic E-state index is 10.7. The highest BCUT2D eigenvalue weighted by molar-refractivity contribution is 7.86. The molecule has 0 aliphatic rings. The van der Waals surface area contributed by atoms with Crippen molar-refractivity contribution in [3.63, 3.8) is 0 Å². The molecule has 0 bridgehead atoms. The summed E-state index contributed by atoms with van der Waals surface area (Å²) in [6.45, 7) is 4.49. The molecule has 0 heterocycles. The lowest BCUT2D eigenvalue weighted by molar-refractivity contribution is -0.0517. The third kappa shape index (κ3) is 13.7. The van der Waals surface area contributed by atoms with Gasteiger partial charge in [0.2, 0.25) is 0 Å². The van der Waals surface area contributed by atoms with E-state index in [4.69, 9.17) is 13.0 Å². The molecule has 0 spiro atoms. The molecule has 17 heavy (non-hydrogen) atoms. The predicted octanol–water partition coefficient (Wildman–Crippen LogP) is 3.18. The molecule has 0 aliphatic carbocycles. The van der Waals surface area contributed by atoms with E-state index < -0.39 is 15.6 Å². The summed E-state index contributed by atoms with van der Waals surface area (Å²) in [7, 11) is -3.67. The van der Waals surface area contributed by atoms with Crippen molar-refractivity contribution in [3.05, 3.63) is 0 Å². The van der Waals surface area contributed by atoms with Crippen LogP contribution in [0.2, 0.25) is 12.6 Å². The van der Waals surface area contributed by atoms with E-state index >= 15 is 0 Å². The molecule has 0 atom stereocenters. The Labute approximate surface area is 102 Å². The van der Waals surface area contributed by atoms with Gasteiger partial charge in [0.05, 0.1) is 0 Å². The van der Waals surface area contributed by atoms with Gasteiger partial charge in [0.15, 0.2) is 10.1 Å². The number of unbranched alkanes of at least 4 members (excludes halogenated alkanes) is 2. The van der Waals surface area contributed by atoms with Gasteiger partial charge in [-0.15, -0.1) is 0 Å². The number of halogens is 3. The zero-order valence-electron chi connectivity index (χ0n) is 10.1. The van der Waals surface area contributed by atoms with Crippen LogP contribution in [0, 0.1) is 0 Å². The summed E-state index contributed by atoms with van der Waals surface area (Å²) in [5.74, 6) is 0. The molecular formula is C9H18BF3O3S-. The first-order valence-electron chi connectivity index (χ1n) is 5.50. The van der Waals surface area contributed by atoms with Crippen molar-refractivity contribution in [2.75, 3.05) is 0 Å². The van der Waals surface area contributed by atoms with Gasteiger partial charge in [-0.2, -0.15) is 13.2 Å². The third-order valence-electron chi connectivity index (χ3n) is 1.81. The molecule has 0 saturated carbocycles. The van der Waals surface area contributed by atoms with Gasteiger partial charge < -0.3 is 4.55 Å². The Bertz CT molecular complexity index is 259. The second kappa shape index (κ2) is 9.76. The van der Waals surface area contributed by atoms with E-state index in [1.807, 2.05) is 0 Å². The van der Waals surface area contributed by atoms with Gasteiger partial charge in [0.1, 0.15) is 7.28 Å². The van der Waals surface area contributed by atoms with Gasteiger partial charge >= 0.3 is 5.51 Å². The van der Waals surface area contributed by atoms with Crippen LogP contribution in [-0.4, -0.2) is 25.8 Å². The zero-order valence-corrected chi connectivity index (χ0v) is 10.9. The fraction of sp³-hybridized carbons (Fsp3) is 1.00. The van der Waals surface area contributed by atoms with Crippen LogP contribution in [0.25, 0.3) is 0 Å². The van der Waals surface area contributed by atoms with E-state index in [-0.39, 0.29) is 0 Å². The average Bonchev–Trinajstić information content (AvgIpc) is 2.15. The van der Waals surface area contributed by atoms with Crippen molar-refractivity contribution < 1.29 is 26.1 Å². The van der Waals surface area contributed by atoms with E-state index in [0.29, 0.717) is 0 Å². The molecule has 8 heteroatoms. The summed E-state index contributed by atoms with van der Waals surface area (Å²) in [5.41, 5.74) is -5.65. The maximum Gasteiger partial charge on any atom is 0.485 e. The summed E-state index contributed by atoms with van der Waals surface area (Å²) in [4.78, 5) is 0. The van der Waals surface area contributed by atoms with Crippen LogP contribution in [-0.2, 0) is 10.1 Å². The minimum atomic E-state index is -6.09. The van der Waals surface area contributed by atoms with Crippen LogP contribution in [0.4, 0.5) is 13.2 Å². The highest BCUT2D eigenvalue weighted by Crippen LogP contribution is 2.20. The quantitative estimate of drug-likeness (QED) is 0.323. The van der Waals surface area contributed by atoms with Crippen molar-refractivity contribution >= 4 is 17.4 Å². The van der Waals surface area contributed by atoms with Crippen LogP contribution in [0.1, 0.15) is 39.5 Å². The SMILES string of the molecule is CCCC[B]CCCC.O=S(=O)([O-])C(F)(F)F. The van der Waals surface area contributed by atoms with Gasteiger partial charge in [0.25, 0.3) is 0 Å². The first-order chi connectivity index (χ1) is 7.66. The van der Waals surface area contributed by atoms with Gasteiger partial charge in [-0.3, -0.25) is 0 Å². The summed E-state index contributed by atoms with van der Waals surface area (Å²) in [6, 6.07) is 0. The molecule has 0 aromatic carbocycles. The Morgan fingerprint density at radius 2 is 1.35 bits per heavy atom. The second-order valence-electron chi connectivity index (χ2n) is 3.47. The molecule has 1 radical (unpaired) electrons. The molecule has 103 valence electrons. The molecule has 0 saturated heterocycles. The second-order valence-corrected chi connectivity index (χ2v) is 4.84. The van der Waals surface area contributed by atoms with Crippen molar-refractivity contribution in [1.82, 2.24) is 0 Å². The molecule has 0 N–H and O–H groups in total. The fourth-order valence-electron chi connectivity index (χ4n) is 0.841. The van der Waals surface area contributed by atoms with Crippen molar-refractivity contribution in [2.24, 2.45) is 0 Å². The largest absolute Gasteiger partial charge is 0.741 e. The number of rotatable bonds is 6. The van der Waals surface area contributed by atoms with Crippen molar-refractivity contribution in [2.45, 2.75) is 57.7 Å². The lowest BCUT2D eigenvalue weighted by Gasteiger charge is -2.08. The van der Waals surface area contributed by atoms with E-state index in [1.54, 1.807) is 0 Å². The zero-order chi connectivity index (χ0) is 13.9. The number of alkyl halides is 3. The van der Waals surface area contributed by atoms with Crippen LogP contribution < -0.4 is 0 Å². The summed E-state index contributed by atoms with van der Waals surface area (Å²) in [5, 5.41) is 0. The van der Waals surface area contributed by atoms with E-state index in [0.717, 1.165) is 0 Å². The van der Waals surface area contributed by atoms with Crippen LogP contribution in [0.5, 0.6) is 0 Å². The molecule has 0 amide bonds. The summed E-state index contributed by atoms with van der Waals surface area (Å²) < 4.78 is 58.9. The molecule has 0 fully saturated rings. The lowest BCUT2D eigenvalue weighted by atomic mass is 9.68. The average molecular weight is 274 g/mol. The van der Waals surface area contributed by atoms with Crippen LogP contribution >= 0.6 is 0 Å². The van der Waals surface area contributed by atoms with Crippen LogP contribution in [0.15, 0.2) is 0 Å². The topological polar surface area (TPSA) is 57.2 Å². The Morgan fingerprint density at radius 3 is 1.53 bits per heavy atom. The van der Waals surface area contributed by atoms with E-state index in [2.05, 4.69) is 21.1 Å². The number of hydrogen-bond acceptors (Lipinski definition) is 3. The molecule has 0 rings (SSSR count). The molecule has 0 unspecified atom stereocenters. The minimum absolute atomic E-state index is 1.33. The van der Waals surface area contributed by atoms with Crippen molar-refractivity contribution in [1.29, 1.82) is 0 Å². The predicted molar refractivity (Wildman–Crippen MR) is 60.9 cm³/mol. The smallest absolute Gasteiger partial charge is 0.485 e.